The first-order chi connectivity index (χ1) is 14.7. The second-order valence-electron chi connectivity index (χ2n) is 8.50. The second kappa shape index (κ2) is 8.53. The minimum absolute atomic E-state index is 0.0337. The fourth-order valence-corrected chi connectivity index (χ4v) is 4.59. The van der Waals surface area contributed by atoms with Crippen molar-refractivity contribution >= 4 is 11.7 Å². The van der Waals surface area contributed by atoms with E-state index in [1.54, 1.807) is 30.0 Å². The smallest absolute Gasteiger partial charge is 0.412 e. The van der Waals surface area contributed by atoms with E-state index >= 15 is 0 Å². The van der Waals surface area contributed by atoms with Crippen LogP contribution in [0.25, 0.3) is 0 Å². The molecule has 6 nitrogen and oxygen atoms in total. The van der Waals surface area contributed by atoms with E-state index in [9.17, 15) is 23.1 Å². The first-order valence-corrected chi connectivity index (χ1v) is 10.6. The molecule has 9 heteroatoms. The summed E-state index contributed by atoms with van der Waals surface area (Å²) < 4.78 is 38.8. The van der Waals surface area contributed by atoms with Gasteiger partial charge in [-0.15, -0.1) is 0 Å². The molecule has 2 atom stereocenters. The van der Waals surface area contributed by atoms with Gasteiger partial charge in [-0.05, 0) is 36.5 Å². The Bertz CT molecular complexity index is 874. The molecule has 168 valence electrons. The van der Waals surface area contributed by atoms with E-state index in [0.29, 0.717) is 13.1 Å². The fraction of sp³-hybridized carbons (Fsp3) is 0.545. The maximum atomic E-state index is 13.0. The van der Waals surface area contributed by atoms with Crippen LogP contribution in [-0.2, 0) is 4.79 Å². The predicted molar refractivity (Wildman–Crippen MR) is 111 cm³/mol. The molecule has 31 heavy (non-hydrogen) atoms. The van der Waals surface area contributed by atoms with Crippen molar-refractivity contribution in [1.29, 1.82) is 0 Å². The number of pyridine rings is 1. The molecule has 0 radical (unpaired) electrons. The van der Waals surface area contributed by atoms with Crippen LogP contribution in [0.2, 0.25) is 0 Å². The number of aromatic nitrogens is 1. The zero-order valence-electron chi connectivity index (χ0n) is 17.5. The molecule has 0 bridgehead atoms. The SMILES string of the molecule is CC1CC(C(F)(F)F)=CC=C1CN1CCC(N2CCN(c3ccc(O)cn3)CC2)C1=O. The summed E-state index contributed by atoms with van der Waals surface area (Å²) in [5.41, 5.74) is 0.376. The number of alkyl halides is 3. The minimum Gasteiger partial charge on any atom is -0.506 e. The van der Waals surface area contributed by atoms with Gasteiger partial charge < -0.3 is 14.9 Å². The van der Waals surface area contributed by atoms with Gasteiger partial charge in [-0.25, -0.2) is 4.98 Å². The van der Waals surface area contributed by atoms with Crippen molar-refractivity contribution in [2.75, 3.05) is 44.2 Å². The highest BCUT2D eigenvalue weighted by molar-refractivity contribution is 5.84. The summed E-state index contributed by atoms with van der Waals surface area (Å²) in [6.07, 6.45) is 0.539. The second-order valence-corrected chi connectivity index (χ2v) is 8.50. The van der Waals surface area contributed by atoms with E-state index in [2.05, 4.69) is 14.8 Å². The van der Waals surface area contributed by atoms with E-state index in [0.717, 1.165) is 50.1 Å². The van der Waals surface area contributed by atoms with Crippen molar-refractivity contribution in [3.8, 4) is 5.75 Å². The lowest BCUT2D eigenvalue weighted by Gasteiger charge is -2.37. The molecule has 2 saturated heterocycles. The Morgan fingerprint density at radius 3 is 2.48 bits per heavy atom. The summed E-state index contributed by atoms with van der Waals surface area (Å²) in [7, 11) is 0. The van der Waals surface area contributed by atoms with Crippen molar-refractivity contribution < 1.29 is 23.1 Å². The van der Waals surface area contributed by atoms with Gasteiger partial charge in [0.25, 0.3) is 0 Å². The fourth-order valence-electron chi connectivity index (χ4n) is 4.59. The van der Waals surface area contributed by atoms with Crippen molar-refractivity contribution in [3.63, 3.8) is 0 Å². The number of piperazine rings is 1. The normalized spacial score (nSPS) is 25.6. The number of hydrogen-bond donors (Lipinski definition) is 1. The quantitative estimate of drug-likeness (QED) is 0.787. The number of aromatic hydroxyl groups is 1. The number of carbonyl (C=O) groups excluding carboxylic acids is 1. The molecule has 2 fully saturated rings. The summed E-state index contributed by atoms with van der Waals surface area (Å²) in [6, 6.07) is 3.22. The van der Waals surface area contributed by atoms with Gasteiger partial charge in [0.1, 0.15) is 11.6 Å². The third kappa shape index (κ3) is 4.71. The van der Waals surface area contributed by atoms with E-state index in [-0.39, 0.29) is 30.0 Å². The number of carbonyl (C=O) groups is 1. The zero-order valence-corrected chi connectivity index (χ0v) is 17.5. The number of nitrogens with zero attached hydrogens (tertiary/aromatic N) is 4. The summed E-state index contributed by atoms with van der Waals surface area (Å²) in [5.74, 6) is 0.776. The molecule has 0 spiro atoms. The standard InChI is InChI=1S/C22H27F3N4O2/c1-15-12-17(22(23,24)25)3-2-16(15)14-29-7-6-19(21(29)31)27-8-10-28(11-9-27)20-5-4-18(30)13-26-20/h2-5,13,15,19,30H,6-12,14H2,1H3. The number of likely N-dealkylation sites (tertiary alicyclic amines) is 1. The number of hydrogen-bond acceptors (Lipinski definition) is 5. The van der Waals surface area contributed by atoms with Crippen LogP contribution >= 0.6 is 0 Å². The molecule has 0 aromatic carbocycles. The van der Waals surface area contributed by atoms with Crippen LogP contribution in [0, 0.1) is 5.92 Å². The van der Waals surface area contributed by atoms with Crippen LogP contribution in [0.3, 0.4) is 0 Å². The van der Waals surface area contributed by atoms with Gasteiger partial charge in [0.05, 0.1) is 12.2 Å². The number of halogens is 3. The van der Waals surface area contributed by atoms with Gasteiger partial charge in [-0.1, -0.05) is 19.1 Å². The summed E-state index contributed by atoms with van der Waals surface area (Å²) in [6.45, 7) is 5.79. The van der Waals surface area contributed by atoms with Gasteiger partial charge in [0, 0.05) is 44.8 Å². The molecule has 0 saturated carbocycles. The highest BCUT2D eigenvalue weighted by Gasteiger charge is 2.39. The molecule has 3 aliphatic rings. The number of rotatable bonds is 4. The Morgan fingerprint density at radius 1 is 1.13 bits per heavy atom. The lowest BCUT2D eigenvalue weighted by Crippen LogP contribution is -2.52. The predicted octanol–water partition coefficient (Wildman–Crippen LogP) is 2.97. The van der Waals surface area contributed by atoms with Crippen molar-refractivity contribution in [1.82, 2.24) is 14.8 Å². The van der Waals surface area contributed by atoms with E-state index in [4.69, 9.17) is 0 Å². The Kier molecular flexibility index (Phi) is 5.96. The monoisotopic (exact) mass is 436 g/mol. The van der Waals surface area contributed by atoms with Crippen LogP contribution < -0.4 is 4.90 Å². The third-order valence-corrected chi connectivity index (χ3v) is 6.48. The molecular formula is C22H27F3N4O2. The van der Waals surface area contributed by atoms with Crippen LogP contribution in [0.5, 0.6) is 5.75 Å². The Labute approximate surface area is 179 Å². The van der Waals surface area contributed by atoms with Crippen LogP contribution in [0.1, 0.15) is 19.8 Å². The molecule has 4 rings (SSSR count). The average Bonchev–Trinajstić information content (AvgIpc) is 3.10. The maximum Gasteiger partial charge on any atom is 0.412 e. The average molecular weight is 436 g/mol. The van der Waals surface area contributed by atoms with Gasteiger partial charge in [-0.2, -0.15) is 13.2 Å². The molecule has 1 N–H and O–H groups in total. The lowest BCUT2D eigenvalue weighted by atomic mass is 9.88. The highest BCUT2D eigenvalue weighted by atomic mass is 19.4. The number of anilines is 1. The number of amides is 1. The molecule has 1 aromatic rings. The van der Waals surface area contributed by atoms with Crippen molar-refractivity contribution in [3.05, 3.63) is 41.6 Å². The molecule has 1 amide bonds. The van der Waals surface area contributed by atoms with E-state index < -0.39 is 11.7 Å². The molecular weight excluding hydrogens is 409 g/mol. The van der Waals surface area contributed by atoms with Gasteiger partial charge in [0.15, 0.2) is 0 Å². The number of allylic oxidation sites excluding steroid dienone is 3. The third-order valence-electron chi connectivity index (χ3n) is 6.48. The van der Waals surface area contributed by atoms with Gasteiger partial charge >= 0.3 is 6.18 Å². The van der Waals surface area contributed by atoms with Crippen LogP contribution in [0.4, 0.5) is 19.0 Å². The molecule has 3 heterocycles. The summed E-state index contributed by atoms with van der Waals surface area (Å²) in [5, 5.41) is 9.39. The summed E-state index contributed by atoms with van der Waals surface area (Å²) >= 11 is 0. The largest absolute Gasteiger partial charge is 0.506 e. The molecule has 2 aliphatic heterocycles. The zero-order chi connectivity index (χ0) is 22.2. The minimum atomic E-state index is -4.29. The Balaban J connectivity index is 1.33. The Hall–Kier alpha value is -2.55. The van der Waals surface area contributed by atoms with Crippen LogP contribution in [0.15, 0.2) is 41.6 Å². The molecule has 1 aromatic heterocycles. The van der Waals surface area contributed by atoms with Crippen LogP contribution in [-0.4, -0.2) is 77.3 Å². The van der Waals surface area contributed by atoms with E-state index in [1.807, 2.05) is 0 Å². The molecule has 1 aliphatic carbocycles. The van der Waals surface area contributed by atoms with E-state index in [1.165, 1.54) is 6.20 Å². The molecule has 2 unspecified atom stereocenters. The van der Waals surface area contributed by atoms with Gasteiger partial charge in [0.2, 0.25) is 5.91 Å². The van der Waals surface area contributed by atoms with Crippen molar-refractivity contribution in [2.24, 2.45) is 5.92 Å². The highest BCUT2D eigenvalue weighted by Crippen LogP contribution is 2.36. The van der Waals surface area contributed by atoms with Crippen molar-refractivity contribution in [2.45, 2.75) is 32.0 Å². The first-order valence-electron chi connectivity index (χ1n) is 10.6. The lowest BCUT2D eigenvalue weighted by molar-refractivity contribution is -0.132. The van der Waals surface area contributed by atoms with Gasteiger partial charge in [-0.3, -0.25) is 9.69 Å². The maximum absolute atomic E-state index is 13.0. The first kappa shape index (κ1) is 21.7. The topological polar surface area (TPSA) is 59.9 Å². The Morgan fingerprint density at radius 2 is 1.87 bits per heavy atom. The summed E-state index contributed by atoms with van der Waals surface area (Å²) in [4.78, 5) is 23.4.